The first-order valence-corrected chi connectivity index (χ1v) is 5.39. The van der Waals surface area contributed by atoms with Gasteiger partial charge in [0.15, 0.2) is 0 Å². The number of hydrogen-bond acceptors (Lipinski definition) is 3. The summed E-state index contributed by atoms with van der Waals surface area (Å²) >= 11 is 0. The van der Waals surface area contributed by atoms with Gasteiger partial charge in [-0.2, -0.15) is 0 Å². The summed E-state index contributed by atoms with van der Waals surface area (Å²) in [6.07, 6.45) is 1.54. The molecule has 4 nitrogen and oxygen atoms in total. The van der Waals surface area contributed by atoms with Crippen molar-refractivity contribution in [3.63, 3.8) is 0 Å². The van der Waals surface area contributed by atoms with E-state index in [0.29, 0.717) is 0 Å². The fraction of sp³-hybridized carbons (Fsp3) is 0.909. The van der Waals surface area contributed by atoms with Crippen molar-refractivity contribution in [3.8, 4) is 0 Å². The van der Waals surface area contributed by atoms with Crippen molar-refractivity contribution in [1.29, 1.82) is 0 Å². The van der Waals surface area contributed by atoms with Gasteiger partial charge in [0, 0.05) is 11.5 Å². The summed E-state index contributed by atoms with van der Waals surface area (Å²) in [5, 5.41) is 11.9. The van der Waals surface area contributed by atoms with Crippen molar-refractivity contribution in [2.24, 2.45) is 5.41 Å². The highest BCUT2D eigenvalue weighted by Crippen LogP contribution is 2.48. The van der Waals surface area contributed by atoms with E-state index < -0.39 is 11.7 Å². The van der Waals surface area contributed by atoms with Crippen molar-refractivity contribution < 1.29 is 14.6 Å². The number of amides is 1. The number of alkyl carbamates (subject to hydrolysis) is 1. The van der Waals surface area contributed by atoms with Gasteiger partial charge in [-0.05, 0) is 40.5 Å². The van der Waals surface area contributed by atoms with Crippen molar-refractivity contribution >= 4 is 6.09 Å². The van der Waals surface area contributed by atoms with Crippen molar-refractivity contribution in [1.82, 2.24) is 5.32 Å². The molecule has 1 amide bonds. The number of rotatable bonds is 3. The van der Waals surface area contributed by atoms with Crippen LogP contribution in [0.3, 0.4) is 0 Å². The van der Waals surface area contributed by atoms with E-state index in [1.807, 2.05) is 27.7 Å². The first-order valence-electron chi connectivity index (χ1n) is 5.39. The van der Waals surface area contributed by atoms with Gasteiger partial charge in [0.05, 0.1) is 6.61 Å². The molecule has 1 rings (SSSR count). The van der Waals surface area contributed by atoms with Gasteiger partial charge < -0.3 is 15.2 Å². The Labute approximate surface area is 91.0 Å². The van der Waals surface area contributed by atoms with Crippen LogP contribution in [0.5, 0.6) is 0 Å². The Morgan fingerprint density at radius 3 is 2.40 bits per heavy atom. The maximum absolute atomic E-state index is 11.4. The third-order valence-corrected chi connectivity index (χ3v) is 2.86. The number of nitrogens with one attached hydrogen (secondary N) is 1. The molecule has 0 bridgehead atoms. The predicted octanol–water partition coefficient (Wildman–Crippen LogP) is 1.67. The van der Waals surface area contributed by atoms with Crippen LogP contribution in [0.25, 0.3) is 0 Å². The molecule has 1 aliphatic carbocycles. The molecule has 0 aromatic heterocycles. The molecule has 2 N–H and O–H groups in total. The summed E-state index contributed by atoms with van der Waals surface area (Å²) in [5.41, 5.74) is -0.573. The van der Waals surface area contributed by atoms with Crippen LogP contribution in [-0.4, -0.2) is 29.4 Å². The molecule has 4 heteroatoms. The number of hydrogen-bond donors (Lipinski definition) is 2. The van der Waals surface area contributed by atoms with Crippen molar-refractivity contribution in [2.45, 2.75) is 52.2 Å². The summed E-state index contributed by atoms with van der Waals surface area (Å²) in [7, 11) is 0. The lowest BCUT2D eigenvalue weighted by Gasteiger charge is -2.25. The van der Waals surface area contributed by atoms with Gasteiger partial charge in [0.2, 0.25) is 0 Å². The Bertz CT molecular complexity index is 241. The van der Waals surface area contributed by atoms with Crippen LogP contribution in [0.2, 0.25) is 0 Å². The van der Waals surface area contributed by atoms with E-state index in [1.165, 1.54) is 0 Å². The largest absolute Gasteiger partial charge is 0.444 e. The number of carbonyl (C=O) groups excluding carboxylic acids is 1. The minimum absolute atomic E-state index is 0.0302. The predicted molar refractivity (Wildman–Crippen MR) is 57.6 cm³/mol. The minimum atomic E-state index is -0.472. The Balaban J connectivity index is 2.39. The molecule has 0 spiro atoms. The molecule has 0 aromatic carbocycles. The minimum Gasteiger partial charge on any atom is -0.444 e. The smallest absolute Gasteiger partial charge is 0.407 e. The lowest BCUT2D eigenvalue weighted by atomic mass is 10.00. The van der Waals surface area contributed by atoms with E-state index in [2.05, 4.69) is 5.32 Å². The molecule has 0 heterocycles. The van der Waals surface area contributed by atoms with E-state index in [-0.39, 0.29) is 18.1 Å². The van der Waals surface area contributed by atoms with Crippen LogP contribution in [0.4, 0.5) is 4.79 Å². The summed E-state index contributed by atoms with van der Waals surface area (Å²) in [6, 6.07) is -0.0302. The van der Waals surface area contributed by atoms with Crippen LogP contribution < -0.4 is 5.32 Å². The lowest BCUT2D eigenvalue weighted by Crippen LogP contribution is -2.43. The van der Waals surface area contributed by atoms with E-state index in [9.17, 15) is 9.90 Å². The van der Waals surface area contributed by atoms with E-state index >= 15 is 0 Å². The van der Waals surface area contributed by atoms with Gasteiger partial charge in [-0.25, -0.2) is 4.79 Å². The lowest BCUT2D eigenvalue weighted by molar-refractivity contribution is 0.0468. The molecule has 0 aliphatic heterocycles. The highest BCUT2D eigenvalue weighted by atomic mass is 16.6. The topological polar surface area (TPSA) is 58.6 Å². The second kappa shape index (κ2) is 4.00. The average Bonchev–Trinajstić information content (AvgIpc) is 2.79. The fourth-order valence-electron chi connectivity index (χ4n) is 1.53. The normalized spacial score (nSPS) is 20.6. The second-order valence-corrected chi connectivity index (χ2v) is 5.39. The molecular formula is C11H21NO3. The highest BCUT2D eigenvalue weighted by molar-refractivity contribution is 5.68. The van der Waals surface area contributed by atoms with Crippen molar-refractivity contribution in [2.75, 3.05) is 6.61 Å². The zero-order valence-electron chi connectivity index (χ0n) is 9.96. The molecule has 88 valence electrons. The summed E-state index contributed by atoms with van der Waals surface area (Å²) in [4.78, 5) is 11.4. The number of carbonyl (C=O) groups is 1. The molecule has 0 radical (unpaired) electrons. The summed E-state index contributed by atoms with van der Waals surface area (Å²) < 4.78 is 5.14. The number of ether oxygens (including phenoxy) is 1. The first-order chi connectivity index (χ1) is 6.79. The number of aliphatic hydroxyl groups excluding tert-OH is 1. The molecule has 15 heavy (non-hydrogen) atoms. The molecule has 0 unspecified atom stereocenters. The third-order valence-electron chi connectivity index (χ3n) is 2.86. The second-order valence-electron chi connectivity index (χ2n) is 5.39. The van der Waals surface area contributed by atoms with Crippen LogP contribution in [-0.2, 0) is 4.74 Å². The SMILES string of the molecule is C[C@H](NC(=O)OC(C)(C)C)C1(CO)CC1. The zero-order valence-corrected chi connectivity index (χ0v) is 9.96. The van der Waals surface area contributed by atoms with E-state index in [0.717, 1.165) is 12.8 Å². The van der Waals surface area contributed by atoms with Gasteiger partial charge >= 0.3 is 6.09 Å². The molecule has 1 saturated carbocycles. The number of aliphatic hydroxyl groups is 1. The Morgan fingerprint density at radius 2 is 2.07 bits per heavy atom. The van der Waals surface area contributed by atoms with Crippen LogP contribution in [0.15, 0.2) is 0 Å². The van der Waals surface area contributed by atoms with Gasteiger partial charge in [0.25, 0.3) is 0 Å². The summed E-state index contributed by atoms with van der Waals surface area (Å²) in [6.45, 7) is 7.53. The van der Waals surface area contributed by atoms with E-state index in [4.69, 9.17) is 4.74 Å². The first kappa shape index (κ1) is 12.3. The Kier molecular flexibility index (Phi) is 3.28. The Morgan fingerprint density at radius 1 is 1.53 bits per heavy atom. The molecule has 1 atom stereocenters. The third kappa shape index (κ3) is 3.38. The fourth-order valence-corrected chi connectivity index (χ4v) is 1.53. The summed E-state index contributed by atoms with van der Waals surface area (Å²) in [5.74, 6) is 0. The van der Waals surface area contributed by atoms with Crippen LogP contribution >= 0.6 is 0 Å². The van der Waals surface area contributed by atoms with Crippen LogP contribution in [0, 0.1) is 5.41 Å². The monoisotopic (exact) mass is 215 g/mol. The Hall–Kier alpha value is -0.770. The van der Waals surface area contributed by atoms with E-state index in [1.54, 1.807) is 0 Å². The maximum Gasteiger partial charge on any atom is 0.407 e. The van der Waals surface area contributed by atoms with Gasteiger partial charge in [0.1, 0.15) is 5.60 Å². The van der Waals surface area contributed by atoms with Gasteiger partial charge in [-0.1, -0.05) is 0 Å². The standard InChI is InChI=1S/C11H21NO3/c1-8(11(7-13)5-6-11)12-9(14)15-10(2,3)4/h8,13H,5-7H2,1-4H3,(H,12,14)/t8-/m0/s1. The average molecular weight is 215 g/mol. The quantitative estimate of drug-likeness (QED) is 0.753. The highest BCUT2D eigenvalue weighted by Gasteiger charge is 2.47. The molecule has 0 aromatic rings. The van der Waals surface area contributed by atoms with Gasteiger partial charge in [-0.15, -0.1) is 0 Å². The van der Waals surface area contributed by atoms with Gasteiger partial charge in [-0.3, -0.25) is 0 Å². The molecule has 1 aliphatic rings. The van der Waals surface area contributed by atoms with Crippen LogP contribution in [0.1, 0.15) is 40.5 Å². The molecular weight excluding hydrogens is 194 g/mol. The molecule has 1 fully saturated rings. The van der Waals surface area contributed by atoms with Crippen molar-refractivity contribution in [3.05, 3.63) is 0 Å². The maximum atomic E-state index is 11.4. The zero-order chi connectivity index (χ0) is 11.7. The molecule has 0 saturated heterocycles.